The van der Waals surface area contributed by atoms with Gasteiger partial charge in [-0.05, 0) is 30.5 Å². The molecule has 1 amide bonds. The first kappa shape index (κ1) is 19.8. The SMILES string of the molecule is Cc1nn2c(C(C)C)c(C(=O)NCCc3ccccn3)cnc2c1-c1ccccc1. The molecule has 0 aliphatic carbocycles. The first-order chi connectivity index (χ1) is 14.6. The highest BCUT2D eigenvalue weighted by Gasteiger charge is 2.22. The number of nitrogens with one attached hydrogen (secondary N) is 1. The maximum atomic E-state index is 13.0. The minimum Gasteiger partial charge on any atom is -0.352 e. The summed E-state index contributed by atoms with van der Waals surface area (Å²) in [6.07, 6.45) is 4.11. The van der Waals surface area contributed by atoms with E-state index in [0.717, 1.165) is 33.9 Å². The molecular weight excluding hydrogens is 374 g/mol. The third kappa shape index (κ3) is 3.81. The molecule has 0 unspecified atom stereocenters. The maximum absolute atomic E-state index is 13.0. The molecule has 0 saturated heterocycles. The molecule has 0 bridgehead atoms. The van der Waals surface area contributed by atoms with Crippen LogP contribution in [0.4, 0.5) is 0 Å². The van der Waals surface area contributed by atoms with Gasteiger partial charge in [-0.1, -0.05) is 50.2 Å². The van der Waals surface area contributed by atoms with Crippen LogP contribution in [0.1, 0.15) is 47.2 Å². The first-order valence-electron chi connectivity index (χ1n) is 10.2. The summed E-state index contributed by atoms with van der Waals surface area (Å²) in [4.78, 5) is 21.9. The van der Waals surface area contributed by atoms with E-state index in [1.54, 1.807) is 12.4 Å². The number of carbonyl (C=O) groups is 1. The van der Waals surface area contributed by atoms with Crippen molar-refractivity contribution in [3.63, 3.8) is 0 Å². The van der Waals surface area contributed by atoms with E-state index in [9.17, 15) is 4.79 Å². The molecule has 3 heterocycles. The Balaban J connectivity index is 1.67. The topological polar surface area (TPSA) is 72.2 Å². The quantitative estimate of drug-likeness (QED) is 0.528. The number of amides is 1. The van der Waals surface area contributed by atoms with Gasteiger partial charge in [0, 0.05) is 36.6 Å². The largest absolute Gasteiger partial charge is 0.352 e. The summed E-state index contributed by atoms with van der Waals surface area (Å²) in [6.45, 7) is 6.63. The zero-order valence-corrected chi connectivity index (χ0v) is 17.5. The smallest absolute Gasteiger partial charge is 0.254 e. The van der Waals surface area contributed by atoms with Crippen molar-refractivity contribution >= 4 is 11.6 Å². The number of carbonyl (C=O) groups excluding carboxylic acids is 1. The van der Waals surface area contributed by atoms with Crippen LogP contribution < -0.4 is 5.32 Å². The molecule has 3 aromatic heterocycles. The van der Waals surface area contributed by atoms with Crippen LogP contribution in [0.3, 0.4) is 0 Å². The average Bonchev–Trinajstić information content (AvgIpc) is 3.09. The van der Waals surface area contributed by atoms with Gasteiger partial charge in [0.15, 0.2) is 5.65 Å². The van der Waals surface area contributed by atoms with E-state index < -0.39 is 0 Å². The third-order valence-corrected chi connectivity index (χ3v) is 5.10. The summed E-state index contributed by atoms with van der Waals surface area (Å²) in [5, 5.41) is 7.75. The molecular formula is C24H25N5O. The Morgan fingerprint density at radius 2 is 1.83 bits per heavy atom. The van der Waals surface area contributed by atoms with Gasteiger partial charge in [0.05, 0.1) is 17.0 Å². The molecule has 6 nitrogen and oxygen atoms in total. The molecule has 0 radical (unpaired) electrons. The minimum absolute atomic E-state index is 0.106. The Hall–Kier alpha value is -3.54. The number of aryl methyl sites for hydroxylation is 1. The standard InChI is InChI=1S/C24H25N5O/c1-16(2)22-20(24(30)26-14-12-19-11-7-8-13-25-19)15-27-23-21(17(3)28-29(22)23)18-9-5-4-6-10-18/h4-11,13,15-16H,12,14H2,1-3H3,(H,26,30). The van der Waals surface area contributed by atoms with Gasteiger partial charge in [-0.3, -0.25) is 9.78 Å². The number of hydrogen-bond donors (Lipinski definition) is 1. The van der Waals surface area contributed by atoms with E-state index in [4.69, 9.17) is 5.10 Å². The molecule has 0 aliphatic rings. The van der Waals surface area contributed by atoms with Crippen molar-refractivity contribution in [1.82, 2.24) is 24.9 Å². The number of aromatic nitrogens is 4. The van der Waals surface area contributed by atoms with E-state index >= 15 is 0 Å². The average molecular weight is 399 g/mol. The molecule has 152 valence electrons. The van der Waals surface area contributed by atoms with Gasteiger partial charge in [0.25, 0.3) is 5.91 Å². The molecule has 30 heavy (non-hydrogen) atoms. The number of hydrogen-bond acceptors (Lipinski definition) is 4. The summed E-state index contributed by atoms with van der Waals surface area (Å²) in [6, 6.07) is 15.9. The van der Waals surface area contributed by atoms with Gasteiger partial charge in [-0.2, -0.15) is 5.10 Å². The third-order valence-electron chi connectivity index (χ3n) is 5.10. The first-order valence-corrected chi connectivity index (χ1v) is 10.2. The van der Waals surface area contributed by atoms with Crippen LogP contribution in [0, 0.1) is 6.92 Å². The minimum atomic E-state index is -0.140. The van der Waals surface area contributed by atoms with Crippen molar-refractivity contribution < 1.29 is 4.79 Å². The lowest BCUT2D eigenvalue weighted by molar-refractivity contribution is 0.0951. The van der Waals surface area contributed by atoms with Crippen LogP contribution in [0.15, 0.2) is 60.9 Å². The lowest BCUT2D eigenvalue weighted by Gasteiger charge is -2.14. The zero-order valence-electron chi connectivity index (χ0n) is 17.5. The normalized spacial score (nSPS) is 11.2. The molecule has 6 heteroatoms. The van der Waals surface area contributed by atoms with Gasteiger partial charge in [0.1, 0.15) is 0 Å². The van der Waals surface area contributed by atoms with E-state index in [1.807, 2.05) is 47.8 Å². The highest BCUT2D eigenvalue weighted by Crippen LogP contribution is 2.30. The summed E-state index contributed by atoms with van der Waals surface area (Å²) in [5.74, 6) is -0.0339. The number of nitrogens with zero attached hydrogens (tertiary/aromatic N) is 4. The Kier molecular flexibility index (Phi) is 5.57. The fourth-order valence-corrected chi connectivity index (χ4v) is 3.73. The molecule has 0 spiro atoms. The van der Waals surface area contributed by atoms with Crippen LogP contribution in [0.2, 0.25) is 0 Å². The Morgan fingerprint density at radius 3 is 2.53 bits per heavy atom. The van der Waals surface area contributed by atoms with Crippen LogP contribution in [0.25, 0.3) is 16.8 Å². The predicted molar refractivity (Wildman–Crippen MR) is 118 cm³/mol. The van der Waals surface area contributed by atoms with Crippen LogP contribution >= 0.6 is 0 Å². The van der Waals surface area contributed by atoms with Crippen LogP contribution in [-0.2, 0) is 6.42 Å². The fourth-order valence-electron chi connectivity index (χ4n) is 3.73. The zero-order chi connectivity index (χ0) is 21.1. The van der Waals surface area contributed by atoms with Gasteiger partial charge in [-0.25, -0.2) is 9.50 Å². The number of benzene rings is 1. The summed E-state index contributed by atoms with van der Waals surface area (Å²) >= 11 is 0. The van der Waals surface area contributed by atoms with Gasteiger partial charge < -0.3 is 5.32 Å². The van der Waals surface area contributed by atoms with Crippen molar-refractivity contribution in [2.45, 2.75) is 33.1 Å². The van der Waals surface area contributed by atoms with E-state index in [0.29, 0.717) is 18.5 Å². The van der Waals surface area contributed by atoms with Crippen LogP contribution in [0.5, 0.6) is 0 Å². The molecule has 0 fully saturated rings. The predicted octanol–water partition coefficient (Wildman–Crippen LogP) is 4.20. The van der Waals surface area contributed by atoms with Crippen molar-refractivity contribution in [1.29, 1.82) is 0 Å². The van der Waals surface area contributed by atoms with E-state index in [1.165, 1.54) is 0 Å². The number of rotatable bonds is 6. The summed E-state index contributed by atoms with van der Waals surface area (Å²) in [7, 11) is 0. The van der Waals surface area contributed by atoms with Crippen molar-refractivity contribution in [2.24, 2.45) is 0 Å². The summed E-state index contributed by atoms with van der Waals surface area (Å²) in [5.41, 5.74) is 6.10. The highest BCUT2D eigenvalue weighted by molar-refractivity contribution is 5.96. The van der Waals surface area contributed by atoms with Gasteiger partial charge in [0.2, 0.25) is 0 Å². The van der Waals surface area contributed by atoms with Gasteiger partial charge in [-0.15, -0.1) is 0 Å². The monoisotopic (exact) mass is 399 g/mol. The van der Waals surface area contributed by atoms with E-state index in [-0.39, 0.29) is 11.8 Å². The second kappa shape index (κ2) is 8.45. The summed E-state index contributed by atoms with van der Waals surface area (Å²) < 4.78 is 1.83. The maximum Gasteiger partial charge on any atom is 0.254 e. The molecule has 1 aromatic carbocycles. The van der Waals surface area contributed by atoms with E-state index in [2.05, 4.69) is 41.3 Å². The second-order valence-electron chi connectivity index (χ2n) is 7.60. The number of pyridine rings is 1. The number of fused-ring (bicyclic) bond motifs is 1. The molecule has 1 N–H and O–H groups in total. The van der Waals surface area contributed by atoms with Crippen LogP contribution in [-0.4, -0.2) is 32.0 Å². The molecule has 4 rings (SSSR count). The molecule has 0 atom stereocenters. The van der Waals surface area contributed by atoms with Crippen molar-refractivity contribution in [2.75, 3.05) is 6.54 Å². The lowest BCUT2D eigenvalue weighted by Crippen LogP contribution is -2.28. The van der Waals surface area contributed by atoms with Gasteiger partial charge >= 0.3 is 0 Å². The molecule has 0 saturated carbocycles. The molecule has 0 aliphatic heterocycles. The van der Waals surface area contributed by atoms with Crippen molar-refractivity contribution in [3.05, 3.63) is 83.6 Å². The second-order valence-corrected chi connectivity index (χ2v) is 7.60. The molecule has 4 aromatic rings. The fraction of sp³-hybridized carbons (Fsp3) is 0.250. The lowest BCUT2D eigenvalue weighted by atomic mass is 10.0. The Morgan fingerprint density at radius 1 is 1.07 bits per heavy atom. The Labute approximate surface area is 176 Å². The Bertz CT molecular complexity index is 1170. The highest BCUT2D eigenvalue weighted by atomic mass is 16.1. The van der Waals surface area contributed by atoms with Crippen molar-refractivity contribution in [3.8, 4) is 11.1 Å².